The molecule has 7 nitrogen and oxygen atoms in total. The van der Waals surface area contributed by atoms with Crippen molar-refractivity contribution in [2.45, 2.75) is 52.3 Å². The Morgan fingerprint density at radius 1 is 1.43 bits per heavy atom. The van der Waals surface area contributed by atoms with Crippen LogP contribution < -0.4 is 5.32 Å². The van der Waals surface area contributed by atoms with E-state index < -0.39 is 0 Å². The Morgan fingerprint density at radius 2 is 2.19 bits per heavy atom. The van der Waals surface area contributed by atoms with Gasteiger partial charge in [0.1, 0.15) is 0 Å². The van der Waals surface area contributed by atoms with Crippen LogP contribution in [0.2, 0.25) is 0 Å². The number of aromatic nitrogens is 2. The van der Waals surface area contributed by atoms with Crippen molar-refractivity contribution in [3.63, 3.8) is 0 Å². The molecule has 0 aromatic carbocycles. The van der Waals surface area contributed by atoms with Crippen LogP contribution in [0.25, 0.3) is 0 Å². The standard InChI is InChI=1S/C14H24N4O3/c1-4-13-16-17-14(21-13)8-15-12(19)7-11-9-18(10(2)3)5-6-20-11/h10-11H,4-9H2,1-3H3,(H,15,19)/t11-/m0/s1. The van der Waals surface area contributed by atoms with Crippen LogP contribution in [0.15, 0.2) is 4.42 Å². The largest absolute Gasteiger partial charge is 0.423 e. The minimum absolute atomic E-state index is 0.0463. The molecule has 7 heteroatoms. The van der Waals surface area contributed by atoms with Crippen molar-refractivity contribution in [3.8, 4) is 0 Å². The Kier molecular flexibility index (Phi) is 5.69. The minimum atomic E-state index is -0.0538. The molecule has 118 valence electrons. The molecule has 0 unspecified atom stereocenters. The fourth-order valence-electron chi connectivity index (χ4n) is 2.29. The van der Waals surface area contributed by atoms with Crippen molar-refractivity contribution in [2.24, 2.45) is 0 Å². The number of nitrogens with zero attached hydrogens (tertiary/aromatic N) is 3. The van der Waals surface area contributed by atoms with Gasteiger partial charge in [0.2, 0.25) is 17.7 Å². The first-order valence-corrected chi connectivity index (χ1v) is 7.52. The fourth-order valence-corrected chi connectivity index (χ4v) is 2.29. The van der Waals surface area contributed by atoms with E-state index in [1.807, 2.05) is 6.92 Å². The van der Waals surface area contributed by atoms with E-state index in [0.29, 0.717) is 37.3 Å². The summed E-state index contributed by atoms with van der Waals surface area (Å²) in [5.41, 5.74) is 0. The maximum Gasteiger partial charge on any atom is 0.235 e. The van der Waals surface area contributed by atoms with Crippen molar-refractivity contribution in [1.82, 2.24) is 20.4 Å². The number of carbonyl (C=O) groups is 1. The molecular weight excluding hydrogens is 272 g/mol. The molecule has 1 N–H and O–H groups in total. The van der Waals surface area contributed by atoms with Crippen LogP contribution in [-0.2, 0) is 22.5 Å². The van der Waals surface area contributed by atoms with Crippen LogP contribution >= 0.6 is 0 Å². The first-order chi connectivity index (χ1) is 10.1. The SMILES string of the molecule is CCc1nnc(CNC(=O)C[C@H]2CN(C(C)C)CCO2)o1. The topological polar surface area (TPSA) is 80.5 Å². The normalized spacial score (nSPS) is 19.9. The van der Waals surface area contributed by atoms with Crippen LogP contribution in [0.1, 0.15) is 39.0 Å². The zero-order chi connectivity index (χ0) is 15.2. The summed E-state index contributed by atoms with van der Waals surface area (Å²) in [6, 6.07) is 0.477. The molecule has 1 aromatic heterocycles. The van der Waals surface area contributed by atoms with E-state index >= 15 is 0 Å². The van der Waals surface area contributed by atoms with Gasteiger partial charge in [-0.2, -0.15) is 0 Å². The lowest BCUT2D eigenvalue weighted by atomic mass is 10.1. The molecule has 1 aromatic rings. The highest BCUT2D eigenvalue weighted by atomic mass is 16.5. The van der Waals surface area contributed by atoms with E-state index in [4.69, 9.17) is 9.15 Å². The molecule has 0 spiro atoms. The molecule has 1 fully saturated rings. The van der Waals surface area contributed by atoms with Crippen molar-refractivity contribution < 1.29 is 13.9 Å². The highest BCUT2D eigenvalue weighted by molar-refractivity contribution is 5.76. The van der Waals surface area contributed by atoms with Crippen molar-refractivity contribution in [2.75, 3.05) is 19.7 Å². The van der Waals surface area contributed by atoms with Crippen molar-refractivity contribution in [1.29, 1.82) is 0 Å². The molecule has 2 rings (SSSR count). The fraction of sp³-hybridized carbons (Fsp3) is 0.786. The average molecular weight is 296 g/mol. The van der Waals surface area contributed by atoms with Gasteiger partial charge in [-0.15, -0.1) is 10.2 Å². The third kappa shape index (κ3) is 4.78. The van der Waals surface area contributed by atoms with Gasteiger partial charge < -0.3 is 14.5 Å². The summed E-state index contributed by atoms with van der Waals surface area (Å²) in [6.45, 7) is 8.93. The number of carbonyl (C=O) groups excluding carboxylic acids is 1. The molecule has 0 radical (unpaired) electrons. The van der Waals surface area contributed by atoms with Gasteiger partial charge in [-0.05, 0) is 13.8 Å². The van der Waals surface area contributed by atoms with Gasteiger partial charge in [-0.25, -0.2) is 0 Å². The minimum Gasteiger partial charge on any atom is -0.423 e. The third-order valence-corrected chi connectivity index (χ3v) is 3.56. The first-order valence-electron chi connectivity index (χ1n) is 7.52. The zero-order valence-electron chi connectivity index (χ0n) is 13.0. The number of rotatable bonds is 6. The predicted molar refractivity (Wildman–Crippen MR) is 76.6 cm³/mol. The smallest absolute Gasteiger partial charge is 0.235 e. The average Bonchev–Trinajstić information content (AvgIpc) is 2.93. The lowest BCUT2D eigenvalue weighted by Crippen LogP contribution is -2.47. The van der Waals surface area contributed by atoms with E-state index in [1.165, 1.54) is 0 Å². The van der Waals surface area contributed by atoms with Crippen LogP contribution in [-0.4, -0.2) is 52.8 Å². The second-order valence-electron chi connectivity index (χ2n) is 5.51. The lowest BCUT2D eigenvalue weighted by Gasteiger charge is -2.35. The van der Waals surface area contributed by atoms with E-state index in [9.17, 15) is 4.79 Å². The molecule has 21 heavy (non-hydrogen) atoms. The molecular formula is C14H24N4O3. The molecule has 1 saturated heterocycles. The Balaban J connectivity index is 1.73. The number of nitrogens with one attached hydrogen (secondary N) is 1. The first kappa shape index (κ1) is 15.9. The van der Waals surface area contributed by atoms with E-state index in [1.54, 1.807) is 0 Å². The summed E-state index contributed by atoms with van der Waals surface area (Å²) >= 11 is 0. The summed E-state index contributed by atoms with van der Waals surface area (Å²) in [5.74, 6) is 0.970. The highest BCUT2D eigenvalue weighted by Gasteiger charge is 2.24. The molecule has 1 amide bonds. The second kappa shape index (κ2) is 7.51. The molecule has 1 aliphatic heterocycles. The molecule has 1 atom stereocenters. The molecule has 0 saturated carbocycles. The Hall–Kier alpha value is -1.47. The van der Waals surface area contributed by atoms with Crippen molar-refractivity contribution >= 4 is 5.91 Å². The Bertz CT molecular complexity index is 461. The molecule has 0 bridgehead atoms. The quantitative estimate of drug-likeness (QED) is 0.834. The van der Waals surface area contributed by atoms with Crippen LogP contribution in [0, 0.1) is 0 Å². The summed E-state index contributed by atoms with van der Waals surface area (Å²) < 4.78 is 11.0. The van der Waals surface area contributed by atoms with Gasteiger partial charge in [0.25, 0.3) is 0 Å². The van der Waals surface area contributed by atoms with Crippen LogP contribution in [0.3, 0.4) is 0 Å². The molecule has 2 heterocycles. The number of hydrogen-bond donors (Lipinski definition) is 1. The predicted octanol–water partition coefficient (Wildman–Crippen LogP) is 0.748. The third-order valence-electron chi connectivity index (χ3n) is 3.56. The number of amides is 1. The summed E-state index contributed by atoms with van der Waals surface area (Å²) in [5, 5.41) is 10.5. The van der Waals surface area contributed by atoms with Crippen LogP contribution in [0.5, 0.6) is 0 Å². The number of aryl methyl sites for hydroxylation is 1. The number of hydrogen-bond acceptors (Lipinski definition) is 6. The zero-order valence-corrected chi connectivity index (χ0v) is 13.0. The molecule has 0 aliphatic carbocycles. The van der Waals surface area contributed by atoms with Crippen LogP contribution in [0.4, 0.5) is 0 Å². The van der Waals surface area contributed by atoms with Gasteiger partial charge in [0, 0.05) is 25.6 Å². The van der Waals surface area contributed by atoms with Crippen molar-refractivity contribution in [3.05, 3.63) is 11.8 Å². The summed E-state index contributed by atoms with van der Waals surface area (Å²) in [6.07, 6.45) is 1.01. The summed E-state index contributed by atoms with van der Waals surface area (Å²) in [7, 11) is 0. The Morgan fingerprint density at radius 3 is 2.86 bits per heavy atom. The van der Waals surface area contributed by atoms with Gasteiger partial charge in [-0.1, -0.05) is 6.92 Å². The maximum atomic E-state index is 11.9. The van der Waals surface area contributed by atoms with Gasteiger partial charge in [0.15, 0.2) is 0 Å². The lowest BCUT2D eigenvalue weighted by molar-refractivity contribution is -0.126. The number of morpholine rings is 1. The Labute approximate surface area is 125 Å². The maximum absolute atomic E-state index is 11.9. The monoisotopic (exact) mass is 296 g/mol. The summed E-state index contributed by atoms with van der Waals surface area (Å²) in [4.78, 5) is 14.3. The van der Waals surface area contributed by atoms with E-state index in [2.05, 4.69) is 34.3 Å². The van der Waals surface area contributed by atoms with E-state index in [0.717, 1.165) is 13.1 Å². The molecule has 1 aliphatic rings. The van der Waals surface area contributed by atoms with E-state index in [-0.39, 0.29) is 18.6 Å². The van der Waals surface area contributed by atoms with Gasteiger partial charge in [-0.3, -0.25) is 9.69 Å². The highest BCUT2D eigenvalue weighted by Crippen LogP contribution is 2.11. The van der Waals surface area contributed by atoms with Gasteiger partial charge >= 0.3 is 0 Å². The number of ether oxygens (including phenoxy) is 1. The van der Waals surface area contributed by atoms with Gasteiger partial charge in [0.05, 0.1) is 25.7 Å². The second-order valence-corrected chi connectivity index (χ2v) is 5.51.